The first kappa shape index (κ1) is 20.9. The summed E-state index contributed by atoms with van der Waals surface area (Å²) in [6.07, 6.45) is 6.24. The van der Waals surface area contributed by atoms with Crippen molar-refractivity contribution in [2.24, 2.45) is 5.92 Å². The number of aromatic nitrogens is 1. The molecule has 1 amide bonds. The summed E-state index contributed by atoms with van der Waals surface area (Å²) in [6, 6.07) is 12.9. The second kappa shape index (κ2) is 8.53. The van der Waals surface area contributed by atoms with Gasteiger partial charge in [0.2, 0.25) is 5.91 Å². The number of hydrogen-bond donors (Lipinski definition) is 2. The van der Waals surface area contributed by atoms with Gasteiger partial charge >= 0.3 is 0 Å². The minimum Gasteiger partial charge on any atom is -0.356 e. The van der Waals surface area contributed by atoms with E-state index in [0.29, 0.717) is 12.2 Å². The monoisotopic (exact) mass is 432 g/mol. The highest BCUT2D eigenvalue weighted by Gasteiger charge is 2.28. The molecule has 3 atom stereocenters. The Morgan fingerprint density at radius 1 is 1.12 bits per heavy atom. The van der Waals surface area contributed by atoms with Crippen molar-refractivity contribution in [1.82, 2.24) is 10.3 Å². The average molecular weight is 433 g/mol. The summed E-state index contributed by atoms with van der Waals surface area (Å²) in [7, 11) is 0. The first-order valence-electron chi connectivity index (χ1n) is 11.7. The first-order valence-corrected chi connectivity index (χ1v) is 11.7. The van der Waals surface area contributed by atoms with E-state index in [2.05, 4.69) is 22.4 Å². The minimum absolute atomic E-state index is 0.00796. The van der Waals surface area contributed by atoms with Gasteiger partial charge in [0.1, 0.15) is 11.6 Å². The average Bonchev–Trinajstić information content (AvgIpc) is 3.37. The molecular weight excluding hydrogens is 403 g/mol. The van der Waals surface area contributed by atoms with E-state index in [9.17, 15) is 14.0 Å². The Hall–Kier alpha value is -2.95. The van der Waals surface area contributed by atoms with Gasteiger partial charge in [0.05, 0.1) is 12.0 Å². The summed E-state index contributed by atoms with van der Waals surface area (Å²) in [5, 5.41) is 4.14. The SMILES string of the molecule is C[C@H](C(=O)N[C@@H]1CCCc2c1[nH]c1ccc(F)cc21)c1ccc(C[C@@H]2CCCC2=O)cc1. The van der Waals surface area contributed by atoms with Crippen LogP contribution in [0.2, 0.25) is 0 Å². The van der Waals surface area contributed by atoms with E-state index in [0.717, 1.165) is 71.8 Å². The van der Waals surface area contributed by atoms with Gasteiger partial charge in [0.15, 0.2) is 0 Å². The molecule has 3 aromatic rings. The topological polar surface area (TPSA) is 62.0 Å². The number of benzene rings is 2. The molecule has 0 spiro atoms. The van der Waals surface area contributed by atoms with Crippen LogP contribution in [-0.4, -0.2) is 16.7 Å². The molecule has 0 radical (unpaired) electrons. The largest absolute Gasteiger partial charge is 0.356 e. The number of carbonyl (C=O) groups excluding carboxylic acids is 2. The maximum atomic E-state index is 13.7. The maximum Gasteiger partial charge on any atom is 0.227 e. The van der Waals surface area contributed by atoms with E-state index in [4.69, 9.17) is 0 Å². The molecule has 0 bridgehead atoms. The third-order valence-corrected chi connectivity index (χ3v) is 7.27. The Balaban J connectivity index is 1.28. The highest BCUT2D eigenvalue weighted by molar-refractivity contribution is 5.87. The van der Waals surface area contributed by atoms with Gasteiger partial charge in [-0.3, -0.25) is 9.59 Å². The van der Waals surface area contributed by atoms with Gasteiger partial charge in [-0.15, -0.1) is 0 Å². The van der Waals surface area contributed by atoms with Crippen LogP contribution in [0.4, 0.5) is 4.39 Å². The minimum atomic E-state index is -0.274. The van der Waals surface area contributed by atoms with E-state index in [1.54, 1.807) is 12.1 Å². The third-order valence-electron chi connectivity index (χ3n) is 7.27. The molecule has 1 heterocycles. The zero-order valence-electron chi connectivity index (χ0n) is 18.4. The summed E-state index contributed by atoms with van der Waals surface area (Å²) >= 11 is 0. The molecule has 32 heavy (non-hydrogen) atoms. The van der Waals surface area contributed by atoms with E-state index in [1.165, 1.54) is 6.07 Å². The number of halogens is 1. The number of fused-ring (bicyclic) bond motifs is 3. The number of nitrogens with one attached hydrogen (secondary N) is 2. The Kier molecular flexibility index (Phi) is 5.58. The lowest BCUT2D eigenvalue weighted by atomic mass is 9.90. The number of rotatable bonds is 5. The number of aromatic amines is 1. The fraction of sp³-hybridized carbons (Fsp3) is 0.407. The van der Waals surface area contributed by atoms with Gasteiger partial charge in [0.25, 0.3) is 0 Å². The molecule has 2 aliphatic carbocycles. The molecule has 4 nitrogen and oxygen atoms in total. The lowest BCUT2D eigenvalue weighted by Gasteiger charge is -2.25. The predicted molar refractivity (Wildman–Crippen MR) is 123 cm³/mol. The van der Waals surface area contributed by atoms with E-state index < -0.39 is 0 Å². The van der Waals surface area contributed by atoms with Crippen molar-refractivity contribution in [3.05, 3.63) is 70.7 Å². The molecule has 1 aromatic heterocycles. The zero-order valence-corrected chi connectivity index (χ0v) is 18.4. The summed E-state index contributed by atoms with van der Waals surface area (Å²) in [5.74, 6) is 0.0239. The number of carbonyl (C=O) groups is 2. The molecule has 0 unspecified atom stereocenters. The summed E-state index contributed by atoms with van der Waals surface area (Å²) in [4.78, 5) is 28.4. The van der Waals surface area contributed by atoms with Crippen LogP contribution in [0.3, 0.4) is 0 Å². The van der Waals surface area contributed by atoms with E-state index >= 15 is 0 Å². The molecule has 2 aliphatic rings. The molecule has 1 saturated carbocycles. The highest BCUT2D eigenvalue weighted by atomic mass is 19.1. The van der Waals surface area contributed by atoms with Crippen LogP contribution in [-0.2, 0) is 22.4 Å². The van der Waals surface area contributed by atoms with Crippen LogP contribution in [0.15, 0.2) is 42.5 Å². The van der Waals surface area contributed by atoms with Gasteiger partial charge in [-0.1, -0.05) is 24.3 Å². The van der Waals surface area contributed by atoms with Crippen molar-refractivity contribution < 1.29 is 14.0 Å². The van der Waals surface area contributed by atoms with Crippen LogP contribution in [0.5, 0.6) is 0 Å². The van der Waals surface area contributed by atoms with Crippen molar-refractivity contribution >= 4 is 22.6 Å². The lowest BCUT2D eigenvalue weighted by Crippen LogP contribution is -2.34. The van der Waals surface area contributed by atoms with Crippen LogP contribution in [0.25, 0.3) is 10.9 Å². The Morgan fingerprint density at radius 2 is 1.91 bits per heavy atom. The molecule has 0 aliphatic heterocycles. The lowest BCUT2D eigenvalue weighted by molar-refractivity contribution is -0.123. The normalized spacial score (nSPS) is 21.5. The molecular formula is C27H29FN2O2. The highest BCUT2D eigenvalue weighted by Crippen LogP contribution is 2.35. The molecule has 5 heteroatoms. The standard InChI is InChI=1S/C27H29FN2O2/c1-16(18-10-8-17(9-11-18)14-19-4-2-7-25(19)31)27(32)30-24-6-3-5-21-22-15-20(28)12-13-23(22)29-26(21)24/h8-13,15-16,19,24,29H,2-7,14H2,1H3,(H,30,32)/t16-,19-,24+/m0/s1. The third kappa shape index (κ3) is 3.96. The molecule has 166 valence electrons. The first-order chi connectivity index (χ1) is 15.5. The van der Waals surface area contributed by atoms with Crippen molar-refractivity contribution in [3.63, 3.8) is 0 Å². The predicted octanol–water partition coefficient (Wildman–Crippen LogP) is 5.52. The van der Waals surface area contributed by atoms with E-state index in [1.807, 2.05) is 19.1 Å². The second-order valence-electron chi connectivity index (χ2n) is 9.38. The zero-order chi connectivity index (χ0) is 22.2. The van der Waals surface area contributed by atoms with Gasteiger partial charge in [-0.2, -0.15) is 0 Å². The van der Waals surface area contributed by atoms with Crippen molar-refractivity contribution in [2.45, 2.75) is 63.8 Å². The summed E-state index contributed by atoms with van der Waals surface area (Å²) in [5.41, 5.74) is 5.17. The molecule has 2 aromatic carbocycles. The van der Waals surface area contributed by atoms with Crippen LogP contribution >= 0.6 is 0 Å². The van der Waals surface area contributed by atoms with E-state index in [-0.39, 0.29) is 29.6 Å². The van der Waals surface area contributed by atoms with Crippen LogP contribution in [0.1, 0.15) is 73.4 Å². The fourth-order valence-electron chi connectivity index (χ4n) is 5.36. The second-order valence-corrected chi connectivity index (χ2v) is 9.38. The molecule has 0 saturated heterocycles. The van der Waals surface area contributed by atoms with Crippen molar-refractivity contribution in [1.29, 1.82) is 0 Å². The number of aryl methyl sites for hydroxylation is 1. The van der Waals surface area contributed by atoms with Gasteiger partial charge in [-0.25, -0.2) is 4.39 Å². The summed E-state index contributed by atoms with van der Waals surface area (Å²) in [6.45, 7) is 1.93. The number of hydrogen-bond acceptors (Lipinski definition) is 2. The van der Waals surface area contributed by atoms with Crippen molar-refractivity contribution in [2.75, 3.05) is 0 Å². The Bertz CT molecular complexity index is 1160. The van der Waals surface area contributed by atoms with Gasteiger partial charge in [0, 0.05) is 28.9 Å². The Labute approximate surface area is 187 Å². The van der Waals surface area contributed by atoms with Gasteiger partial charge in [-0.05, 0) is 80.3 Å². The van der Waals surface area contributed by atoms with Crippen molar-refractivity contribution in [3.8, 4) is 0 Å². The quantitative estimate of drug-likeness (QED) is 0.558. The van der Waals surface area contributed by atoms with Crippen LogP contribution in [0, 0.1) is 11.7 Å². The number of Topliss-reactive ketones (excluding diaryl/α,β-unsaturated/α-hetero) is 1. The fourth-order valence-corrected chi connectivity index (χ4v) is 5.36. The van der Waals surface area contributed by atoms with Crippen LogP contribution < -0.4 is 5.32 Å². The smallest absolute Gasteiger partial charge is 0.227 e. The molecule has 2 N–H and O–H groups in total. The summed E-state index contributed by atoms with van der Waals surface area (Å²) < 4.78 is 13.7. The number of amides is 1. The van der Waals surface area contributed by atoms with Gasteiger partial charge < -0.3 is 10.3 Å². The number of H-pyrrole nitrogens is 1. The molecule has 5 rings (SSSR count). The Morgan fingerprint density at radius 3 is 2.66 bits per heavy atom. The molecule has 1 fully saturated rings. The maximum absolute atomic E-state index is 13.7. The number of ketones is 1.